The molecular formula is C30H28F3O4P. The maximum absolute atomic E-state index is 14.1. The van der Waals surface area contributed by atoms with Gasteiger partial charge in [0.25, 0.3) is 0 Å². The number of rotatable bonds is 6. The van der Waals surface area contributed by atoms with Crippen LogP contribution in [0.3, 0.4) is 0 Å². The van der Waals surface area contributed by atoms with Gasteiger partial charge in [-0.1, -0.05) is 0 Å². The van der Waals surface area contributed by atoms with Crippen molar-refractivity contribution in [2.24, 2.45) is 0 Å². The van der Waals surface area contributed by atoms with Crippen molar-refractivity contribution in [3.8, 4) is 11.5 Å². The number of phenolic OH excluding ortho intramolecular Hbond substituents is 2. The van der Waals surface area contributed by atoms with E-state index in [2.05, 4.69) is 0 Å². The summed E-state index contributed by atoms with van der Waals surface area (Å²) in [5, 5.41) is 23.7. The molecule has 0 fully saturated rings. The number of hydrogen-bond donors (Lipinski definition) is 2. The molecule has 2 N–H and O–H groups in total. The van der Waals surface area contributed by atoms with Crippen LogP contribution in [0.4, 0.5) is 13.2 Å². The van der Waals surface area contributed by atoms with E-state index >= 15 is 0 Å². The van der Waals surface area contributed by atoms with E-state index < -0.39 is 19.0 Å². The summed E-state index contributed by atoms with van der Waals surface area (Å²) in [6, 6.07) is 25.9. The third kappa shape index (κ3) is 4.02. The summed E-state index contributed by atoms with van der Waals surface area (Å²) >= 11 is 0. The molecule has 4 aromatic rings. The molecule has 0 heterocycles. The maximum atomic E-state index is 14.1. The fraction of sp³-hybridized carbons (Fsp3) is 0.167. The standard InChI is InChI=1S/C30H28F3O4P/c1-20(2)25-19-26(34)21(3)28(27(25)35)38(22-13-7-4-8-14-22,23-15-9-5-10-16-23,24-17-11-6-12-18-24)37-29(36)30(31,32)33/h4-20,34-35H,1-3H3. The Morgan fingerprint density at radius 3 is 1.53 bits per heavy atom. The molecule has 4 nitrogen and oxygen atoms in total. The van der Waals surface area contributed by atoms with Crippen molar-refractivity contribution in [1.82, 2.24) is 0 Å². The number of halogens is 3. The van der Waals surface area contributed by atoms with Gasteiger partial charge in [-0.3, -0.25) is 0 Å². The van der Waals surface area contributed by atoms with Crippen LogP contribution in [0.15, 0.2) is 97.1 Å². The Kier molecular flexibility index (Phi) is 7.02. The predicted molar refractivity (Wildman–Crippen MR) is 146 cm³/mol. The van der Waals surface area contributed by atoms with Crippen LogP contribution in [0, 0.1) is 6.92 Å². The van der Waals surface area contributed by atoms with E-state index in [0.717, 1.165) is 0 Å². The Morgan fingerprint density at radius 2 is 1.18 bits per heavy atom. The molecule has 0 saturated heterocycles. The molecule has 0 unspecified atom stereocenters. The number of benzene rings is 4. The third-order valence-corrected chi connectivity index (χ3v) is 12.6. The van der Waals surface area contributed by atoms with Gasteiger partial charge < -0.3 is 0 Å². The van der Waals surface area contributed by atoms with Crippen LogP contribution < -0.4 is 21.2 Å². The average Bonchev–Trinajstić information content (AvgIpc) is 2.91. The van der Waals surface area contributed by atoms with Gasteiger partial charge in [0.15, 0.2) is 0 Å². The van der Waals surface area contributed by atoms with Crippen molar-refractivity contribution < 1.29 is 32.7 Å². The second-order valence-electron chi connectivity index (χ2n) is 9.38. The molecule has 0 aliphatic rings. The van der Waals surface area contributed by atoms with Crippen molar-refractivity contribution in [3.05, 3.63) is 108 Å². The summed E-state index contributed by atoms with van der Waals surface area (Å²) < 4.78 is 48.4. The number of alkyl halides is 3. The molecule has 0 atom stereocenters. The molecular weight excluding hydrogens is 512 g/mol. The minimum atomic E-state index is -5.34. The van der Waals surface area contributed by atoms with Gasteiger partial charge >= 0.3 is 219 Å². The van der Waals surface area contributed by atoms with Gasteiger partial charge in [0.2, 0.25) is 0 Å². The molecule has 0 aliphatic carbocycles. The van der Waals surface area contributed by atoms with Crippen LogP contribution in [0.5, 0.6) is 11.5 Å². The van der Waals surface area contributed by atoms with E-state index in [1.54, 1.807) is 105 Å². The van der Waals surface area contributed by atoms with Crippen molar-refractivity contribution in [2.75, 3.05) is 0 Å². The molecule has 0 saturated carbocycles. The van der Waals surface area contributed by atoms with E-state index in [1.807, 2.05) is 0 Å². The predicted octanol–water partition coefficient (Wildman–Crippen LogP) is 5.71. The SMILES string of the molecule is Cc1c(O)cc(C(C)C)c(O)c1P(OC(=O)C(F)(F)F)(c1ccccc1)(c1ccccc1)c1ccccc1. The molecule has 38 heavy (non-hydrogen) atoms. The molecule has 4 rings (SSSR count). The summed E-state index contributed by atoms with van der Waals surface area (Å²) in [7, 11) is 0. The second kappa shape index (κ2) is 9.80. The summed E-state index contributed by atoms with van der Waals surface area (Å²) in [6.07, 6.45) is -5.34. The van der Waals surface area contributed by atoms with Gasteiger partial charge in [-0.15, -0.1) is 0 Å². The number of hydrogen-bond acceptors (Lipinski definition) is 4. The summed E-state index contributed by atoms with van der Waals surface area (Å²) in [4.78, 5) is 13.0. The van der Waals surface area contributed by atoms with Gasteiger partial charge in [-0.05, 0) is 0 Å². The number of phenols is 2. The Labute approximate surface area is 219 Å². The zero-order valence-corrected chi connectivity index (χ0v) is 22.0. The van der Waals surface area contributed by atoms with Crippen molar-refractivity contribution in [1.29, 1.82) is 0 Å². The zero-order chi connectivity index (χ0) is 27.7. The number of carbonyl (C=O) groups is 1. The normalized spacial score (nSPS) is 13.1. The summed E-state index contributed by atoms with van der Waals surface area (Å²) in [6.45, 7) is -0.158. The fourth-order valence-corrected chi connectivity index (χ4v) is 11.1. The molecule has 0 amide bonds. The first-order valence-electron chi connectivity index (χ1n) is 12.0. The number of aromatic hydroxyl groups is 2. The first-order chi connectivity index (χ1) is 17.9. The van der Waals surface area contributed by atoms with Crippen LogP contribution in [-0.2, 0) is 9.32 Å². The molecule has 4 aromatic carbocycles. The Hall–Kier alpha value is -3.83. The first kappa shape index (κ1) is 27.2. The van der Waals surface area contributed by atoms with Gasteiger partial charge in [0.05, 0.1) is 0 Å². The Balaban J connectivity index is 2.44. The molecule has 0 radical (unpaired) electrons. The van der Waals surface area contributed by atoms with E-state index in [1.165, 1.54) is 13.0 Å². The Bertz CT molecular complexity index is 1350. The summed E-state index contributed by atoms with van der Waals surface area (Å²) in [5.74, 6) is -3.29. The zero-order valence-electron chi connectivity index (χ0n) is 21.1. The van der Waals surface area contributed by atoms with Gasteiger partial charge in [0.1, 0.15) is 0 Å². The molecule has 198 valence electrons. The van der Waals surface area contributed by atoms with Crippen LogP contribution in [-0.4, -0.2) is 22.4 Å². The third-order valence-electron chi connectivity index (χ3n) is 6.82. The fourth-order valence-electron chi connectivity index (χ4n) is 5.11. The molecule has 0 aromatic heterocycles. The first-order valence-corrected chi connectivity index (χ1v) is 14.2. The molecule has 0 bridgehead atoms. The number of carbonyl (C=O) groups excluding carboxylic acids is 1. The Morgan fingerprint density at radius 1 is 0.789 bits per heavy atom. The van der Waals surface area contributed by atoms with Crippen LogP contribution in [0.1, 0.15) is 30.9 Å². The van der Waals surface area contributed by atoms with Crippen molar-refractivity contribution in [3.63, 3.8) is 0 Å². The van der Waals surface area contributed by atoms with Crippen LogP contribution in [0.25, 0.3) is 0 Å². The topological polar surface area (TPSA) is 66.8 Å². The molecule has 0 aliphatic heterocycles. The van der Waals surface area contributed by atoms with Crippen molar-refractivity contribution in [2.45, 2.75) is 32.9 Å². The van der Waals surface area contributed by atoms with Gasteiger partial charge in [-0.25, -0.2) is 0 Å². The van der Waals surface area contributed by atoms with E-state index in [4.69, 9.17) is 4.52 Å². The van der Waals surface area contributed by atoms with E-state index in [9.17, 15) is 28.2 Å². The monoisotopic (exact) mass is 540 g/mol. The van der Waals surface area contributed by atoms with Crippen LogP contribution in [0.2, 0.25) is 0 Å². The van der Waals surface area contributed by atoms with Crippen LogP contribution >= 0.6 is 6.83 Å². The second-order valence-corrected chi connectivity index (χ2v) is 13.6. The summed E-state index contributed by atoms with van der Waals surface area (Å²) in [5.41, 5.74) is 0.416. The van der Waals surface area contributed by atoms with Gasteiger partial charge in [-0.2, -0.15) is 0 Å². The quantitative estimate of drug-likeness (QED) is 0.243. The minimum absolute atomic E-state index is 0.0547. The van der Waals surface area contributed by atoms with E-state index in [0.29, 0.717) is 5.56 Å². The molecule has 8 heteroatoms. The average molecular weight is 541 g/mol. The van der Waals surface area contributed by atoms with Gasteiger partial charge in [0, 0.05) is 0 Å². The van der Waals surface area contributed by atoms with Crippen molar-refractivity contribution >= 4 is 34.0 Å². The van der Waals surface area contributed by atoms with E-state index in [-0.39, 0.29) is 44.2 Å². The molecule has 0 spiro atoms.